The van der Waals surface area contributed by atoms with E-state index in [9.17, 15) is 4.79 Å². The topological polar surface area (TPSA) is 97.0 Å². The van der Waals surface area contributed by atoms with Crippen LogP contribution in [0.1, 0.15) is 43.9 Å². The van der Waals surface area contributed by atoms with Crippen molar-refractivity contribution in [3.05, 3.63) is 41.6 Å². The zero-order chi connectivity index (χ0) is 21.1. The van der Waals surface area contributed by atoms with E-state index < -0.39 is 0 Å². The van der Waals surface area contributed by atoms with E-state index in [2.05, 4.69) is 39.2 Å². The Bertz CT molecular complexity index is 1010. The van der Waals surface area contributed by atoms with Crippen LogP contribution in [0.3, 0.4) is 0 Å². The number of anilines is 1. The van der Waals surface area contributed by atoms with Gasteiger partial charge in [-0.05, 0) is 37.3 Å². The first kappa shape index (κ1) is 20.3. The van der Waals surface area contributed by atoms with Gasteiger partial charge < -0.3 is 14.7 Å². The lowest BCUT2D eigenvalue weighted by Gasteiger charge is -2.36. The number of hydrogen-bond acceptors (Lipinski definition) is 7. The Hall–Kier alpha value is -3.03. The highest BCUT2D eigenvalue weighted by Gasteiger charge is 2.27. The van der Waals surface area contributed by atoms with Crippen LogP contribution in [0.25, 0.3) is 11.1 Å². The monoisotopic (exact) mass is 408 g/mol. The Labute approximate surface area is 176 Å². The van der Waals surface area contributed by atoms with Gasteiger partial charge in [0, 0.05) is 32.1 Å². The summed E-state index contributed by atoms with van der Waals surface area (Å²) >= 11 is 0. The van der Waals surface area contributed by atoms with Crippen molar-refractivity contribution in [1.29, 1.82) is 0 Å². The number of hydrogen-bond donors (Lipinski definition) is 1. The number of fused-ring (bicyclic) bond motifs is 1. The van der Waals surface area contributed by atoms with Crippen molar-refractivity contribution >= 4 is 22.8 Å². The van der Waals surface area contributed by atoms with Crippen molar-refractivity contribution in [1.82, 2.24) is 25.4 Å². The predicted octanol–water partition coefficient (Wildman–Crippen LogP) is 3.05. The minimum atomic E-state index is -0.0557. The van der Waals surface area contributed by atoms with Crippen LogP contribution < -0.4 is 10.2 Å². The summed E-state index contributed by atoms with van der Waals surface area (Å²) in [6.45, 7) is 8.77. The zero-order valence-electron chi connectivity index (χ0n) is 17.8. The first-order valence-corrected chi connectivity index (χ1v) is 10.5. The highest BCUT2D eigenvalue weighted by molar-refractivity contribution is 5.88. The van der Waals surface area contributed by atoms with Crippen molar-refractivity contribution in [2.45, 2.75) is 46.6 Å². The summed E-state index contributed by atoms with van der Waals surface area (Å²) < 4.78 is 5.45. The Morgan fingerprint density at radius 2 is 2.03 bits per heavy atom. The van der Waals surface area contributed by atoms with Gasteiger partial charge in [0.05, 0.1) is 17.9 Å². The normalized spacial score (nSPS) is 19.2. The molecule has 1 amide bonds. The number of amides is 1. The van der Waals surface area contributed by atoms with E-state index in [1.165, 1.54) is 6.42 Å². The molecule has 0 unspecified atom stereocenters. The van der Waals surface area contributed by atoms with Crippen molar-refractivity contribution < 1.29 is 9.32 Å². The van der Waals surface area contributed by atoms with E-state index in [-0.39, 0.29) is 5.91 Å². The lowest BCUT2D eigenvalue weighted by molar-refractivity contribution is -0.121. The lowest BCUT2D eigenvalue weighted by atomic mass is 9.92. The molecule has 0 spiro atoms. The zero-order valence-corrected chi connectivity index (χ0v) is 17.8. The molecule has 0 aliphatic carbocycles. The second-order valence-corrected chi connectivity index (χ2v) is 8.36. The number of nitrogens with zero attached hydrogens (tertiary/aromatic N) is 5. The van der Waals surface area contributed by atoms with Crippen LogP contribution in [0.2, 0.25) is 0 Å². The van der Waals surface area contributed by atoms with Crippen molar-refractivity contribution in [2.75, 3.05) is 18.0 Å². The first-order valence-electron chi connectivity index (χ1n) is 10.5. The molecule has 0 saturated carbocycles. The number of carbonyl (C=O) groups excluding carboxylic acids is 1. The molecule has 1 aliphatic heterocycles. The minimum Gasteiger partial charge on any atom is -0.355 e. The molecule has 8 heteroatoms. The number of rotatable bonds is 6. The molecule has 30 heavy (non-hydrogen) atoms. The third-order valence-corrected chi connectivity index (χ3v) is 5.47. The maximum atomic E-state index is 12.3. The van der Waals surface area contributed by atoms with Gasteiger partial charge in [0.25, 0.3) is 5.71 Å². The minimum absolute atomic E-state index is 0.0557. The van der Waals surface area contributed by atoms with Gasteiger partial charge in [-0.2, -0.15) is 4.98 Å². The van der Waals surface area contributed by atoms with Crippen molar-refractivity contribution in [2.24, 2.45) is 11.8 Å². The summed E-state index contributed by atoms with van der Waals surface area (Å²) in [5.41, 5.74) is 2.12. The second kappa shape index (κ2) is 8.77. The summed E-state index contributed by atoms with van der Waals surface area (Å²) in [5.74, 6) is 2.62. The van der Waals surface area contributed by atoms with Gasteiger partial charge in [0.1, 0.15) is 17.0 Å². The van der Waals surface area contributed by atoms with Gasteiger partial charge >= 0.3 is 0 Å². The average Bonchev–Trinajstić information content (AvgIpc) is 3.11. The first-order chi connectivity index (χ1) is 14.5. The Kier molecular flexibility index (Phi) is 5.92. The number of carbonyl (C=O) groups is 1. The molecule has 1 saturated heterocycles. The molecule has 1 aliphatic rings. The van der Waals surface area contributed by atoms with Crippen molar-refractivity contribution in [3.8, 4) is 0 Å². The van der Waals surface area contributed by atoms with Gasteiger partial charge in [-0.3, -0.25) is 9.78 Å². The fourth-order valence-corrected chi connectivity index (χ4v) is 4.19. The van der Waals surface area contributed by atoms with E-state index >= 15 is 0 Å². The Morgan fingerprint density at radius 3 is 2.77 bits per heavy atom. The smallest absolute Gasteiger partial charge is 0.263 e. The van der Waals surface area contributed by atoms with Crippen LogP contribution in [0.15, 0.2) is 28.9 Å². The summed E-state index contributed by atoms with van der Waals surface area (Å²) in [4.78, 5) is 28.2. The molecular weight excluding hydrogens is 380 g/mol. The van der Waals surface area contributed by atoms with Crippen LogP contribution in [-0.2, 0) is 17.8 Å². The molecule has 4 rings (SSSR count). The number of aryl methyl sites for hydroxylation is 2. The van der Waals surface area contributed by atoms with Gasteiger partial charge in [0.15, 0.2) is 0 Å². The van der Waals surface area contributed by atoms with Gasteiger partial charge in [-0.25, -0.2) is 4.98 Å². The highest BCUT2D eigenvalue weighted by Crippen LogP contribution is 2.31. The largest absolute Gasteiger partial charge is 0.355 e. The standard InChI is InChI=1S/C22H28N6O2/c1-14-10-15(2)13-28(12-14)21-20-16(3)27-30-22(20)26-18(25-21)7-8-19(29)24-11-17-6-4-5-9-23-17/h4-6,9,14-15H,7-8,10-13H2,1-3H3,(H,24,29)/t14-,15-/m1/s1. The van der Waals surface area contributed by atoms with Crippen LogP contribution >= 0.6 is 0 Å². The van der Waals surface area contributed by atoms with Crippen LogP contribution in [0.5, 0.6) is 0 Å². The highest BCUT2D eigenvalue weighted by atomic mass is 16.5. The molecule has 0 radical (unpaired) electrons. The maximum absolute atomic E-state index is 12.3. The fraction of sp³-hybridized carbons (Fsp3) is 0.500. The third kappa shape index (κ3) is 4.58. The number of aromatic nitrogens is 4. The third-order valence-electron chi connectivity index (χ3n) is 5.47. The van der Waals surface area contributed by atoms with E-state index in [0.717, 1.165) is 35.7 Å². The summed E-state index contributed by atoms with van der Waals surface area (Å²) in [6.07, 6.45) is 3.68. The molecule has 158 valence electrons. The van der Waals surface area contributed by atoms with Crippen molar-refractivity contribution in [3.63, 3.8) is 0 Å². The summed E-state index contributed by atoms with van der Waals surface area (Å²) in [6, 6.07) is 5.64. The van der Waals surface area contributed by atoms with Crippen LogP contribution in [0.4, 0.5) is 5.82 Å². The molecular formula is C22H28N6O2. The Balaban J connectivity index is 1.48. The van der Waals surface area contributed by atoms with E-state index in [4.69, 9.17) is 9.51 Å². The number of piperidine rings is 1. The maximum Gasteiger partial charge on any atom is 0.263 e. The van der Waals surface area contributed by atoms with E-state index in [0.29, 0.717) is 42.8 Å². The van der Waals surface area contributed by atoms with Gasteiger partial charge in [-0.15, -0.1) is 0 Å². The molecule has 4 heterocycles. The SMILES string of the molecule is Cc1noc2nc(CCC(=O)NCc3ccccn3)nc(N3C[C@H](C)C[C@@H](C)C3)c12. The Morgan fingerprint density at radius 1 is 1.23 bits per heavy atom. The fourth-order valence-electron chi connectivity index (χ4n) is 4.19. The molecule has 1 fully saturated rings. The summed E-state index contributed by atoms with van der Waals surface area (Å²) in [7, 11) is 0. The molecule has 1 N–H and O–H groups in total. The molecule has 8 nitrogen and oxygen atoms in total. The van der Waals surface area contributed by atoms with E-state index in [1.807, 2.05) is 25.1 Å². The van der Waals surface area contributed by atoms with E-state index in [1.54, 1.807) is 6.20 Å². The van der Waals surface area contributed by atoms with Crippen LogP contribution in [0, 0.1) is 18.8 Å². The summed E-state index contributed by atoms with van der Waals surface area (Å²) in [5, 5.41) is 7.87. The number of nitrogens with one attached hydrogen (secondary N) is 1. The number of pyridine rings is 1. The quantitative estimate of drug-likeness (QED) is 0.669. The lowest BCUT2D eigenvalue weighted by Crippen LogP contribution is -2.39. The second-order valence-electron chi connectivity index (χ2n) is 8.36. The molecule has 3 aromatic heterocycles. The molecule has 0 aromatic carbocycles. The van der Waals surface area contributed by atoms with Gasteiger partial charge in [0.2, 0.25) is 5.91 Å². The molecule has 3 aromatic rings. The molecule has 0 bridgehead atoms. The predicted molar refractivity (Wildman–Crippen MR) is 114 cm³/mol. The molecule has 2 atom stereocenters. The average molecular weight is 409 g/mol. The van der Waals surface area contributed by atoms with Crippen LogP contribution in [-0.4, -0.2) is 39.1 Å². The van der Waals surface area contributed by atoms with Gasteiger partial charge in [-0.1, -0.05) is 25.1 Å².